The molecule has 0 atom stereocenters. The van der Waals surface area contributed by atoms with Gasteiger partial charge < -0.3 is 0 Å². The number of aromatic nitrogens is 2. The quantitative estimate of drug-likeness (QED) is 0.346. The maximum atomic E-state index is 14.3. The minimum atomic E-state index is -0.454. The molecule has 0 radical (unpaired) electrons. The Morgan fingerprint density at radius 1 is 0.933 bits per heavy atom. The van der Waals surface area contributed by atoms with Crippen molar-refractivity contribution in [2.75, 3.05) is 0 Å². The number of nitrogens with zero attached hydrogens (tertiary/aromatic N) is 1. The maximum Gasteiger partial charge on any atom is 0.216 e. The summed E-state index contributed by atoms with van der Waals surface area (Å²) in [5, 5.41) is 7.24. The van der Waals surface area contributed by atoms with Crippen LogP contribution in [0, 0.1) is 17.7 Å². The van der Waals surface area contributed by atoms with Crippen LogP contribution in [-0.4, -0.2) is 10.2 Å². The van der Waals surface area contributed by atoms with E-state index in [9.17, 15) is 8.78 Å². The van der Waals surface area contributed by atoms with Crippen LogP contribution in [0.25, 0.3) is 22.0 Å². The van der Waals surface area contributed by atoms with E-state index in [1.165, 1.54) is 12.1 Å². The van der Waals surface area contributed by atoms with Crippen LogP contribution in [0.3, 0.4) is 0 Å². The smallest absolute Gasteiger partial charge is 0.216 e. The molecule has 1 aliphatic carbocycles. The molecule has 1 N–H and O–H groups in total. The molecular formula is C25H19ClF2N2. The fraction of sp³-hybridized carbons (Fsp3) is 0.160. The number of rotatable bonds is 4. The Kier molecular flexibility index (Phi) is 4.87. The average Bonchev–Trinajstić information content (AvgIpc) is 3.08. The second-order valence-corrected chi connectivity index (χ2v) is 8.08. The van der Waals surface area contributed by atoms with Gasteiger partial charge in [0.2, 0.25) is 5.95 Å². The van der Waals surface area contributed by atoms with E-state index in [0.717, 1.165) is 47.1 Å². The van der Waals surface area contributed by atoms with Crippen LogP contribution in [0.15, 0.2) is 66.7 Å². The van der Waals surface area contributed by atoms with Crippen molar-refractivity contribution in [2.24, 2.45) is 5.92 Å². The van der Waals surface area contributed by atoms with E-state index in [2.05, 4.69) is 10.2 Å². The van der Waals surface area contributed by atoms with E-state index in [4.69, 9.17) is 11.6 Å². The van der Waals surface area contributed by atoms with Gasteiger partial charge in [-0.1, -0.05) is 60.5 Å². The van der Waals surface area contributed by atoms with Gasteiger partial charge in [0, 0.05) is 0 Å². The minimum absolute atomic E-state index is 0.313. The highest BCUT2D eigenvalue weighted by Gasteiger charge is 2.28. The number of allylic oxidation sites excluding steroid dienone is 1. The molecule has 2 nitrogen and oxygen atoms in total. The summed E-state index contributed by atoms with van der Waals surface area (Å²) in [6.07, 6.45) is 3.23. The van der Waals surface area contributed by atoms with Gasteiger partial charge in [0.25, 0.3) is 0 Å². The summed E-state index contributed by atoms with van der Waals surface area (Å²) in [7, 11) is 0. The number of fused-ring (bicyclic) bond motifs is 1. The number of halogens is 3. The third-order valence-electron chi connectivity index (χ3n) is 5.86. The van der Waals surface area contributed by atoms with Gasteiger partial charge in [-0.25, -0.2) is 4.39 Å². The van der Waals surface area contributed by atoms with Crippen LogP contribution in [-0.2, 0) is 0 Å². The predicted molar refractivity (Wildman–Crippen MR) is 117 cm³/mol. The molecule has 0 bridgehead atoms. The summed E-state index contributed by atoms with van der Waals surface area (Å²) in [4.78, 5) is 0. The van der Waals surface area contributed by atoms with Crippen molar-refractivity contribution in [3.63, 3.8) is 0 Å². The molecule has 0 aliphatic heterocycles. The van der Waals surface area contributed by atoms with Gasteiger partial charge in [0.05, 0.1) is 15.9 Å². The number of H-pyrrole nitrogens is 1. The largest absolute Gasteiger partial charge is 0.252 e. The van der Waals surface area contributed by atoms with Crippen LogP contribution in [0.5, 0.6) is 0 Å². The summed E-state index contributed by atoms with van der Waals surface area (Å²) >= 11 is 6.52. The first-order valence-electron chi connectivity index (χ1n) is 10.0. The van der Waals surface area contributed by atoms with Crippen molar-refractivity contribution in [3.05, 3.63) is 100 Å². The van der Waals surface area contributed by atoms with E-state index >= 15 is 0 Å². The normalized spacial score (nSPS) is 15.2. The SMILES string of the molecule is Fc1ccc(/C(=C(\c2ccccc2)c2ccc3n[nH]c(F)c3c2)C2CCC2)c(Cl)c1. The Balaban J connectivity index is 1.84. The van der Waals surface area contributed by atoms with E-state index < -0.39 is 5.95 Å². The van der Waals surface area contributed by atoms with Crippen molar-refractivity contribution >= 4 is 33.7 Å². The fourth-order valence-corrected chi connectivity index (χ4v) is 4.45. The molecule has 0 amide bonds. The predicted octanol–water partition coefficient (Wildman–Crippen LogP) is 7.25. The number of hydrogen-bond donors (Lipinski definition) is 1. The van der Waals surface area contributed by atoms with Crippen LogP contribution in [0.2, 0.25) is 5.02 Å². The molecule has 0 unspecified atom stereocenters. The summed E-state index contributed by atoms with van der Waals surface area (Å²) in [5.74, 6) is -0.503. The molecule has 1 fully saturated rings. The highest BCUT2D eigenvalue weighted by Crippen LogP contribution is 2.47. The Hall–Kier alpha value is -2.98. The molecule has 5 heteroatoms. The Morgan fingerprint density at radius 3 is 2.43 bits per heavy atom. The molecule has 5 rings (SSSR count). The van der Waals surface area contributed by atoms with Crippen molar-refractivity contribution in [1.29, 1.82) is 0 Å². The zero-order valence-electron chi connectivity index (χ0n) is 16.1. The second-order valence-electron chi connectivity index (χ2n) is 7.68. The van der Waals surface area contributed by atoms with E-state index in [0.29, 0.717) is 21.8 Å². The standard InChI is InChI=1S/C25H19ClF2N2/c26-21-14-18(27)10-11-19(21)24(16-7-4-8-16)23(15-5-2-1-3-6-15)17-9-12-22-20(13-17)25(28)30-29-22/h1-3,5-6,9-14,16H,4,7-8H2,(H,29,30)/b24-23+. The Labute approximate surface area is 178 Å². The molecule has 0 saturated heterocycles. The third-order valence-corrected chi connectivity index (χ3v) is 6.18. The highest BCUT2D eigenvalue weighted by atomic mass is 35.5. The monoisotopic (exact) mass is 420 g/mol. The lowest BCUT2D eigenvalue weighted by Crippen LogP contribution is -2.15. The molecular weight excluding hydrogens is 402 g/mol. The zero-order chi connectivity index (χ0) is 20.7. The molecule has 30 heavy (non-hydrogen) atoms. The highest BCUT2D eigenvalue weighted by molar-refractivity contribution is 6.32. The lowest BCUT2D eigenvalue weighted by molar-refractivity contribution is 0.401. The number of benzene rings is 3. The van der Waals surface area contributed by atoms with Crippen LogP contribution < -0.4 is 0 Å². The van der Waals surface area contributed by atoms with E-state index in [-0.39, 0.29) is 5.82 Å². The summed E-state index contributed by atoms with van der Waals surface area (Å²) in [6, 6.07) is 20.2. The van der Waals surface area contributed by atoms with Crippen molar-refractivity contribution < 1.29 is 8.78 Å². The van der Waals surface area contributed by atoms with Crippen LogP contribution in [0.4, 0.5) is 8.78 Å². The number of aromatic amines is 1. The minimum Gasteiger partial charge on any atom is -0.252 e. The number of hydrogen-bond acceptors (Lipinski definition) is 1. The molecule has 3 aromatic carbocycles. The Bertz CT molecular complexity index is 1260. The molecule has 1 saturated carbocycles. The van der Waals surface area contributed by atoms with Gasteiger partial charge in [-0.15, -0.1) is 0 Å². The van der Waals surface area contributed by atoms with E-state index in [1.54, 1.807) is 6.07 Å². The topological polar surface area (TPSA) is 28.7 Å². The summed E-state index contributed by atoms with van der Waals surface area (Å²) < 4.78 is 28.0. The molecule has 1 aromatic heterocycles. The van der Waals surface area contributed by atoms with Crippen molar-refractivity contribution in [3.8, 4) is 0 Å². The van der Waals surface area contributed by atoms with Crippen LogP contribution in [0.1, 0.15) is 36.0 Å². The Morgan fingerprint density at radius 2 is 1.73 bits per heavy atom. The molecule has 1 aliphatic rings. The van der Waals surface area contributed by atoms with Crippen molar-refractivity contribution in [2.45, 2.75) is 19.3 Å². The maximum absolute atomic E-state index is 14.3. The molecule has 4 aromatic rings. The summed E-state index contributed by atoms with van der Waals surface area (Å²) in [6.45, 7) is 0. The molecule has 1 heterocycles. The molecule has 150 valence electrons. The second kappa shape index (κ2) is 7.69. The van der Waals surface area contributed by atoms with Crippen molar-refractivity contribution in [1.82, 2.24) is 10.2 Å². The first-order chi connectivity index (χ1) is 14.6. The number of nitrogens with one attached hydrogen (secondary N) is 1. The van der Waals surface area contributed by atoms with Gasteiger partial charge in [-0.2, -0.15) is 9.49 Å². The van der Waals surface area contributed by atoms with Gasteiger partial charge in [-0.05, 0) is 70.9 Å². The van der Waals surface area contributed by atoms with Gasteiger partial charge in [-0.3, -0.25) is 5.10 Å². The van der Waals surface area contributed by atoms with E-state index in [1.807, 2.05) is 48.5 Å². The third kappa shape index (κ3) is 3.31. The molecule has 0 spiro atoms. The average molecular weight is 421 g/mol. The summed E-state index contributed by atoms with van der Waals surface area (Å²) in [5.41, 5.74) is 5.39. The first kappa shape index (κ1) is 19.0. The van der Waals surface area contributed by atoms with Gasteiger partial charge >= 0.3 is 0 Å². The first-order valence-corrected chi connectivity index (χ1v) is 10.4. The van der Waals surface area contributed by atoms with Crippen LogP contribution >= 0.6 is 11.6 Å². The fourth-order valence-electron chi connectivity index (χ4n) is 4.18. The lowest BCUT2D eigenvalue weighted by atomic mass is 9.73. The lowest BCUT2D eigenvalue weighted by Gasteiger charge is -2.32. The van der Waals surface area contributed by atoms with Gasteiger partial charge in [0.1, 0.15) is 5.82 Å². The zero-order valence-corrected chi connectivity index (χ0v) is 16.9. The van der Waals surface area contributed by atoms with Gasteiger partial charge in [0.15, 0.2) is 0 Å².